The van der Waals surface area contributed by atoms with Crippen LogP contribution in [0, 0.1) is 6.92 Å². The number of ether oxygens (including phenoxy) is 2. The molecule has 0 N–H and O–H groups in total. The van der Waals surface area contributed by atoms with E-state index >= 15 is 0 Å². The Bertz CT molecular complexity index is 549. The van der Waals surface area contributed by atoms with Gasteiger partial charge in [-0.05, 0) is 60.9 Å². The molecule has 0 aliphatic carbocycles. The van der Waals surface area contributed by atoms with Crippen molar-refractivity contribution in [3.8, 4) is 17.2 Å². The van der Waals surface area contributed by atoms with E-state index in [2.05, 4.69) is 6.92 Å². The van der Waals surface area contributed by atoms with Gasteiger partial charge in [0.2, 0.25) is 0 Å². The smallest absolute Gasteiger partial charge is 0.127 e. The van der Waals surface area contributed by atoms with Crippen molar-refractivity contribution in [2.75, 3.05) is 6.61 Å². The maximum atomic E-state index is 5.85. The molecule has 0 aromatic heterocycles. The zero-order valence-corrected chi connectivity index (χ0v) is 12.6. The minimum atomic E-state index is 0.523. The number of hydrogen-bond acceptors (Lipinski definition) is 2. The summed E-state index contributed by atoms with van der Waals surface area (Å²) in [5.74, 6) is 3.01. The third kappa shape index (κ3) is 3.91. The summed E-state index contributed by atoms with van der Waals surface area (Å²) in [6, 6.07) is 13.6. The SMILES string of the molecule is CCCOc1ccc(Oc2ccc(CCl)c(C)c2)cc1. The first-order valence-corrected chi connectivity index (χ1v) is 7.32. The molecule has 2 rings (SSSR count). The molecular formula is C17H19ClO2. The Morgan fingerprint density at radius 1 is 0.950 bits per heavy atom. The quantitative estimate of drug-likeness (QED) is 0.671. The summed E-state index contributed by atoms with van der Waals surface area (Å²) in [6.45, 7) is 4.86. The molecule has 0 saturated heterocycles. The first kappa shape index (κ1) is 14.7. The topological polar surface area (TPSA) is 18.5 Å². The summed E-state index contributed by atoms with van der Waals surface area (Å²) in [6.07, 6.45) is 1.00. The van der Waals surface area contributed by atoms with Crippen molar-refractivity contribution in [1.82, 2.24) is 0 Å². The highest BCUT2D eigenvalue weighted by Gasteiger charge is 2.02. The van der Waals surface area contributed by atoms with Crippen molar-refractivity contribution in [3.05, 3.63) is 53.6 Å². The predicted molar refractivity (Wildman–Crippen MR) is 83.0 cm³/mol. The highest BCUT2D eigenvalue weighted by Crippen LogP contribution is 2.26. The second-order valence-electron chi connectivity index (χ2n) is 4.64. The van der Waals surface area contributed by atoms with Crippen LogP contribution < -0.4 is 9.47 Å². The molecule has 0 amide bonds. The van der Waals surface area contributed by atoms with Crippen LogP contribution in [0.4, 0.5) is 0 Å². The van der Waals surface area contributed by atoms with E-state index in [1.165, 1.54) is 0 Å². The number of hydrogen-bond donors (Lipinski definition) is 0. The van der Waals surface area contributed by atoms with Gasteiger partial charge in [0.25, 0.3) is 0 Å². The van der Waals surface area contributed by atoms with Crippen molar-refractivity contribution in [3.63, 3.8) is 0 Å². The van der Waals surface area contributed by atoms with Gasteiger partial charge in [-0.15, -0.1) is 11.6 Å². The fraction of sp³-hybridized carbons (Fsp3) is 0.294. The molecule has 0 unspecified atom stereocenters. The van der Waals surface area contributed by atoms with Crippen LogP contribution in [0.15, 0.2) is 42.5 Å². The van der Waals surface area contributed by atoms with Gasteiger partial charge in [0.05, 0.1) is 6.61 Å². The lowest BCUT2D eigenvalue weighted by molar-refractivity contribution is 0.317. The molecule has 0 atom stereocenters. The zero-order chi connectivity index (χ0) is 14.4. The molecular weight excluding hydrogens is 272 g/mol. The number of benzene rings is 2. The van der Waals surface area contributed by atoms with Crippen LogP contribution >= 0.6 is 11.6 Å². The van der Waals surface area contributed by atoms with Gasteiger partial charge in [-0.25, -0.2) is 0 Å². The maximum Gasteiger partial charge on any atom is 0.127 e. The summed E-state index contributed by atoms with van der Waals surface area (Å²) >= 11 is 5.85. The zero-order valence-electron chi connectivity index (χ0n) is 11.9. The highest BCUT2D eigenvalue weighted by atomic mass is 35.5. The van der Waals surface area contributed by atoms with Crippen molar-refractivity contribution in [1.29, 1.82) is 0 Å². The monoisotopic (exact) mass is 290 g/mol. The molecule has 0 aliphatic heterocycles. The van der Waals surface area contributed by atoms with Crippen LogP contribution in [0.3, 0.4) is 0 Å². The Labute approximate surface area is 125 Å². The Kier molecular flexibility index (Phi) is 5.31. The van der Waals surface area contributed by atoms with E-state index in [4.69, 9.17) is 21.1 Å². The van der Waals surface area contributed by atoms with Gasteiger partial charge in [0.15, 0.2) is 0 Å². The maximum absolute atomic E-state index is 5.85. The van der Waals surface area contributed by atoms with Crippen molar-refractivity contribution >= 4 is 11.6 Å². The second-order valence-corrected chi connectivity index (χ2v) is 4.91. The molecule has 106 valence electrons. The van der Waals surface area contributed by atoms with Gasteiger partial charge in [-0.3, -0.25) is 0 Å². The van der Waals surface area contributed by atoms with Crippen molar-refractivity contribution < 1.29 is 9.47 Å². The van der Waals surface area contributed by atoms with Crippen molar-refractivity contribution in [2.24, 2.45) is 0 Å². The molecule has 0 spiro atoms. The van der Waals surface area contributed by atoms with Gasteiger partial charge in [-0.2, -0.15) is 0 Å². The fourth-order valence-electron chi connectivity index (χ4n) is 1.84. The molecule has 0 fully saturated rings. The van der Waals surface area contributed by atoms with Crippen LogP contribution in [-0.2, 0) is 5.88 Å². The van der Waals surface area contributed by atoms with Gasteiger partial charge in [-0.1, -0.05) is 13.0 Å². The lowest BCUT2D eigenvalue weighted by Gasteiger charge is -2.09. The van der Waals surface area contributed by atoms with Gasteiger partial charge >= 0.3 is 0 Å². The fourth-order valence-corrected chi connectivity index (χ4v) is 2.14. The summed E-state index contributed by atoms with van der Waals surface area (Å²) in [5.41, 5.74) is 2.27. The van der Waals surface area contributed by atoms with Gasteiger partial charge < -0.3 is 9.47 Å². The summed E-state index contributed by atoms with van der Waals surface area (Å²) in [5, 5.41) is 0. The Balaban J connectivity index is 2.04. The standard InChI is InChI=1S/C17H19ClO2/c1-3-10-19-15-6-8-16(9-7-15)20-17-5-4-14(12-18)13(2)11-17/h4-9,11H,3,10,12H2,1-2H3. The third-order valence-corrected chi connectivity index (χ3v) is 3.28. The molecule has 0 aliphatic rings. The van der Waals surface area contributed by atoms with Crippen LogP contribution in [0.25, 0.3) is 0 Å². The van der Waals surface area contributed by atoms with E-state index in [0.29, 0.717) is 5.88 Å². The molecule has 0 heterocycles. The number of alkyl halides is 1. The summed E-state index contributed by atoms with van der Waals surface area (Å²) in [7, 11) is 0. The Morgan fingerprint density at radius 2 is 1.60 bits per heavy atom. The van der Waals surface area contributed by atoms with E-state index in [0.717, 1.165) is 41.4 Å². The van der Waals surface area contributed by atoms with E-state index < -0.39 is 0 Å². The number of rotatable bonds is 6. The minimum Gasteiger partial charge on any atom is -0.494 e. The lowest BCUT2D eigenvalue weighted by Crippen LogP contribution is -1.94. The molecule has 0 bridgehead atoms. The van der Waals surface area contributed by atoms with Crippen LogP contribution in [-0.4, -0.2) is 6.61 Å². The molecule has 0 radical (unpaired) electrons. The van der Waals surface area contributed by atoms with Crippen LogP contribution in [0.1, 0.15) is 24.5 Å². The normalized spacial score (nSPS) is 10.3. The van der Waals surface area contributed by atoms with Crippen molar-refractivity contribution in [2.45, 2.75) is 26.1 Å². The van der Waals surface area contributed by atoms with Gasteiger partial charge in [0.1, 0.15) is 17.2 Å². The second kappa shape index (κ2) is 7.20. The summed E-state index contributed by atoms with van der Waals surface area (Å²) < 4.78 is 11.4. The number of halogens is 1. The Hall–Kier alpha value is -1.67. The molecule has 20 heavy (non-hydrogen) atoms. The van der Waals surface area contributed by atoms with E-state index in [-0.39, 0.29) is 0 Å². The largest absolute Gasteiger partial charge is 0.494 e. The van der Waals surface area contributed by atoms with Gasteiger partial charge in [0, 0.05) is 5.88 Å². The van der Waals surface area contributed by atoms with E-state index in [1.807, 2.05) is 49.4 Å². The first-order valence-electron chi connectivity index (χ1n) is 6.79. The van der Waals surface area contributed by atoms with E-state index in [9.17, 15) is 0 Å². The molecule has 3 heteroatoms. The number of aryl methyl sites for hydroxylation is 1. The molecule has 2 nitrogen and oxygen atoms in total. The predicted octanol–water partition coefficient (Wildman–Crippen LogP) is 5.31. The van der Waals surface area contributed by atoms with E-state index in [1.54, 1.807) is 0 Å². The average molecular weight is 291 g/mol. The highest BCUT2D eigenvalue weighted by molar-refractivity contribution is 6.17. The Morgan fingerprint density at radius 3 is 2.20 bits per heavy atom. The average Bonchev–Trinajstić information content (AvgIpc) is 2.47. The third-order valence-electron chi connectivity index (χ3n) is 2.99. The molecule has 0 saturated carbocycles. The first-order chi connectivity index (χ1) is 9.72. The lowest BCUT2D eigenvalue weighted by atomic mass is 10.1. The summed E-state index contributed by atoms with van der Waals surface area (Å²) in [4.78, 5) is 0. The molecule has 2 aromatic rings. The molecule has 2 aromatic carbocycles. The van der Waals surface area contributed by atoms with Crippen LogP contribution in [0.2, 0.25) is 0 Å². The van der Waals surface area contributed by atoms with Crippen LogP contribution in [0.5, 0.6) is 17.2 Å². The minimum absolute atomic E-state index is 0.523.